The van der Waals surface area contributed by atoms with Crippen LogP contribution in [0.5, 0.6) is 5.88 Å². The number of thiazole rings is 1. The number of pyridine rings is 1. The highest BCUT2D eigenvalue weighted by molar-refractivity contribution is 7.09. The highest BCUT2D eigenvalue weighted by Gasteiger charge is 2.17. The summed E-state index contributed by atoms with van der Waals surface area (Å²) < 4.78 is 5.76. The second-order valence-electron chi connectivity index (χ2n) is 5.52. The fraction of sp³-hybridized carbons (Fsp3) is 0.375. The predicted molar refractivity (Wildman–Crippen MR) is 87.4 cm³/mol. The molecule has 2 heterocycles. The molecule has 0 unspecified atom stereocenters. The van der Waals surface area contributed by atoms with Crippen molar-refractivity contribution in [2.75, 3.05) is 0 Å². The minimum absolute atomic E-state index is 0.0145. The van der Waals surface area contributed by atoms with Crippen LogP contribution >= 0.6 is 11.3 Å². The van der Waals surface area contributed by atoms with Gasteiger partial charge < -0.3 is 15.2 Å². The van der Waals surface area contributed by atoms with Crippen molar-refractivity contribution in [3.8, 4) is 5.88 Å². The van der Waals surface area contributed by atoms with Crippen LogP contribution in [-0.2, 0) is 6.54 Å². The molecule has 2 aromatic rings. The Labute approximate surface area is 142 Å². The van der Waals surface area contributed by atoms with Gasteiger partial charge >= 0.3 is 5.97 Å². The second kappa shape index (κ2) is 7.39. The molecule has 0 aromatic carbocycles. The maximum Gasteiger partial charge on any atom is 0.355 e. The third-order valence-corrected chi connectivity index (χ3v) is 4.61. The zero-order valence-electron chi connectivity index (χ0n) is 12.9. The number of amides is 1. The van der Waals surface area contributed by atoms with E-state index in [-0.39, 0.29) is 24.2 Å². The maximum absolute atomic E-state index is 12.1. The number of carbonyl (C=O) groups excluding carboxylic acids is 1. The van der Waals surface area contributed by atoms with E-state index in [4.69, 9.17) is 9.84 Å². The van der Waals surface area contributed by atoms with Crippen LogP contribution in [0.3, 0.4) is 0 Å². The molecule has 1 fully saturated rings. The topological polar surface area (TPSA) is 101 Å². The number of carboxylic acids is 1. The number of rotatable bonds is 6. The fourth-order valence-electron chi connectivity index (χ4n) is 2.51. The SMILES string of the molecule is O=C(NCc1nc(C(=O)O)cs1)c1ccc(OC2CCCC2)nc1. The average molecular weight is 347 g/mol. The van der Waals surface area contributed by atoms with Crippen LogP contribution in [0, 0.1) is 0 Å². The summed E-state index contributed by atoms with van der Waals surface area (Å²) in [5, 5.41) is 13.5. The minimum Gasteiger partial charge on any atom is -0.476 e. The fourth-order valence-corrected chi connectivity index (χ4v) is 3.22. The molecule has 3 rings (SSSR count). The largest absolute Gasteiger partial charge is 0.476 e. The summed E-state index contributed by atoms with van der Waals surface area (Å²) in [4.78, 5) is 30.9. The maximum atomic E-state index is 12.1. The number of nitrogens with one attached hydrogen (secondary N) is 1. The Balaban J connectivity index is 1.53. The van der Waals surface area contributed by atoms with Gasteiger partial charge in [0.15, 0.2) is 5.69 Å². The first kappa shape index (κ1) is 16.4. The van der Waals surface area contributed by atoms with Gasteiger partial charge in [0.1, 0.15) is 11.1 Å². The van der Waals surface area contributed by atoms with Crippen LogP contribution in [0.4, 0.5) is 0 Å². The molecule has 2 aromatic heterocycles. The Hall–Kier alpha value is -2.48. The summed E-state index contributed by atoms with van der Waals surface area (Å²) in [6, 6.07) is 3.36. The van der Waals surface area contributed by atoms with Crippen molar-refractivity contribution in [1.82, 2.24) is 15.3 Å². The Morgan fingerprint density at radius 3 is 2.75 bits per heavy atom. The lowest BCUT2D eigenvalue weighted by Gasteiger charge is -2.12. The van der Waals surface area contributed by atoms with E-state index in [2.05, 4.69) is 15.3 Å². The number of carbonyl (C=O) groups is 2. The summed E-state index contributed by atoms with van der Waals surface area (Å²) in [5.41, 5.74) is 0.406. The van der Waals surface area contributed by atoms with E-state index in [0.29, 0.717) is 16.5 Å². The van der Waals surface area contributed by atoms with Crippen molar-refractivity contribution in [2.45, 2.75) is 38.3 Å². The van der Waals surface area contributed by atoms with Crippen molar-refractivity contribution >= 4 is 23.2 Å². The van der Waals surface area contributed by atoms with Crippen LogP contribution in [0.25, 0.3) is 0 Å². The molecule has 126 valence electrons. The first-order chi connectivity index (χ1) is 11.6. The molecule has 8 heteroatoms. The zero-order chi connectivity index (χ0) is 16.9. The molecule has 0 spiro atoms. The van der Waals surface area contributed by atoms with Crippen LogP contribution < -0.4 is 10.1 Å². The van der Waals surface area contributed by atoms with Crippen molar-refractivity contribution in [3.63, 3.8) is 0 Å². The van der Waals surface area contributed by atoms with Crippen molar-refractivity contribution in [3.05, 3.63) is 40.0 Å². The summed E-state index contributed by atoms with van der Waals surface area (Å²) in [6.45, 7) is 0.178. The summed E-state index contributed by atoms with van der Waals surface area (Å²) in [5.74, 6) is -0.836. The summed E-state index contributed by atoms with van der Waals surface area (Å²) >= 11 is 1.19. The Kier molecular flexibility index (Phi) is 5.05. The van der Waals surface area contributed by atoms with Gasteiger partial charge in [-0.15, -0.1) is 11.3 Å². The normalized spacial score (nSPS) is 14.5. The number of nitrogens with zero attached hydrogens (tertiary/aromatic N) is 2. The second-order valence-corrected chi connectivity index (χ2v) is 6.47. The molecule has 0 atom stereocenters. The Morgan fingerprint density at radius 1 is 1.33 bits per heavy atom. The van der Waals surface area contributed by atoms with Gasteiger partial charge in [-0.1, -0.05) is 0 Å². The molecular weight excluding hydrogens is 330 g/mol. The first-order valence-electron chi connectivity index (χ1n) is 7.70. The highest BCUT2D eigenvalue weighted by Crippen LogP contribution is 2.22. The van der Waals surface area contributed by atoms with Crippen LogP contribution in [0.2, 0.25) is 0 Å². The lowest BCUT2D eigenvalue weighted by molar-refractivity contribution is 0.0691. The van der Waals surface area contributed by atoms with Gasteiger partial charge in [0.05, 0.1) is 12.1 Å². The number of hydrogen-bond acceptors (Lipinski definition) is 6. The lowest BCUT2D eigenvalue weighted by atomic mass is 10.2. The molecule has 1 amide bonds. The van der Waals surface area contributed by atoms with E-state index in [0.717, 1.165) is 12.8 Å². The van der Waals surface area contributed by atoms with E-state index >= 15 is 0 Å². The van der Waals surface area contributed by atoms with Crippen LogP contribution in [0.15, 0.2) is 23.7 Å². The van der Waals surface area contributed by atoms with Gasteiger partial charge in [0, 0.05) is 17.6 Å². The number of hydrogen-bond donors (Lipinski definition) is 2. The Morgan fingerprint density at radius 2 is 2.12 bits per heavy atom. The van der Waals surface area contributed by atoms with E-state index in [9.17, 15) is 9.59 Å². The molecule has 0 saturated heterocycles. The smallest absolute Gasteiger partial charge is 0.355 e. The van der Waals surface area contributed by atoms with Gasteiger partial charge in [-0.2, -0.15) is 0 Å². The third kappa shape index (κ3) is 4.08. The molecule has 0 aliphatic heterocycles. The first-order valence-corrected chi connectivity index (χ1v) is 8.58. The van der Waals surface area contributed by atoms with E-state index in [1.807, 2.05) is 0 Å². The number of aromatic nitrogens is 2. The quantitative estimate of drug-likeness (QED) is 0.832. The summed E-state index contributed by atoms with van der Waals surface area (Å²) in [6.07, 6.45) is 6.18. The van der Waals surface area contributed by atoms with Gasteiger partial charge in [0.25, 0.3) is 5.91 Å². The van der Waals surface area contributed by atoms with Crippen LogP contribution in [0.1, 0.15) is 51.5 Å². The van der Waals surface area contributed by atoms with Gasteiger partial charge in [-0.3, -0.25) is 4.79 Å². The molecular formula is C16H17N3O4S. The molecule has 0 bridgehead atoms. The molecule has 2 N–H and O–H groups in total. The van der Waals surface area contributed by atoms with E-state index in [1.54, 1.807) is 12.1 Å². The molecule has 24 heavy (non-hydrogen) atoms. The van der Waals surface area contributed by atoms with E-state index in [1.165, 1.54) is 35.8 Å². The van der Waals surface area contributed by atoms with Crippen molar-refractivity contribution in [2.24, 2.45) is 0 Å². The molecule has 1 saturated carbocycles. The van der Waals surface area contributed by atoms with Crippen molar-refractivity contribution in [1.29, 1.82) is 0 Å². The standard InChI is InChI=1S/C16H17N3O4S/c20-15(18-8-14-19-12(9-24-14)16(21)22)10-5-6-13(17-7-10)23-11-3-1-2-4-11/h5-7,9,11H,1-4,8H2,(H,18,20)(H,21,22). The number of aromatic carboxylic acids is 1. The van der Waals surface area contributed by atoms with E-state index < -0.39 is 5.97 Å². The minimum atomic E-state index is -1.08. The molecule has 7 nitrogen and oxygen atoms in total. The molecule has 0 radical (unpaired) electrons. The molecule has 1 aliphatic carbocycles. The lowest BCUT2D eigenvalue weighted by Crippen LogP contribution is -2.23. The third-order valence-electron chi connectivity index (χ3n) is 3.76. The average Bonchev–Trinajstić information content (AvgIpc) is 3.25. The van der Waals surface area contributed by atoms with Crippen molar-refractivity contribution < 1.29 is 19.4 Å². The molecule has 1 aliphatic rings. The van der Waals surface area contributed by atoms with Gasteiger partial charge in [0.2, 0.25) is 5.88 Å². The van der Waals surface area contributed by atoms with Crippen LogP contribution in [-0.4, -0.2) is 33.1 Å². The van der Waals surface area contributed by atoms with Gasteiger partial charge in [-0.25, -0.2) is 14.8 Å². The Bertz CT molecular complexity index is 723. The van der Waals surface area contributed by atoms with Gasteiger partial charge in [-0.05, 0) is 31.7 Å². The monoisotopic (exact) mass is 347 g/mol. The number of ether oxygens (including phenoxy) is 1. The predicted octanol–water partition coefficient (Wildman–Crippen LogP) is 2.49. The zero-order valence-corrected chi connectivity index (χ0v) is 13.7. The highest BCUT2D eigenvalue weighted by atomic mass is 32.1. The summed E-state index contributed by atoms with van der Waals surface area (Å²) in [7, 11) is 0. The number of carboxylic acid groups (broad SMARTS) is 1.